The standard InChI is InChI=1S/C25H29FN4O2/c1-25(18-8-10-19(31)11-9-18)15-29-23(27)22(30-25)17-7-12-20(21(26)13-17)24(32)28-14-16-5-3-2-4-6-16/h2-7,12-13,18-19,31H,8-11,14-15H2,1H3,(H2,27,29)(H,28,32)/t18-,19-,25?. The molecule has 4 N–H and O–H groups in total. The maximum atomic E-state index is 14.9. The number of aliphatic imine (C=N–C) groups is 2. The molecule has 1 saturated carbocycles. The molecule has 0 saturated heterocycles. The average molecular weight is 437 g/mol. The zero-order valence-electron chi connectivity index (χ0n) is 18.2. The minimum Gasteiger partial charge on any atom is -0.393 e. The zero-order valence-corrected chi connectivity index (χ0v) is 18.2. The highest BCUT2D eigenvalue weighted by Crippen LogP contribution is 2.37. The van der Waals surface area contributed by atoms with E-state index in [-0.39, 0.29) is 23.4 Å². The number of aliphatic hydroxyl groups excluding tert-OH is 1. The lowest BCUT2D eigenvalue weighted by molar-refractivity contribution is 0.0880. The van der Waals surface area contributed by atoms with Gasteiger partial charge in [-0.25, -0.2) is 4.39 Å². The van der Waals surface area contributed by atoms with E-state index in [0.29, 0.717) is 24.4 Å². The summed E-state index contributed by atoms with van der Waals surface area (Å²) in [4.78, 5) is 21.9. The average Bonchev–Trinajstić information content (AvgIpc) is 2.80. The first-order chi connectivity index (χ1) is 15.4. The van der Waals surface area contributed by atoms with E-state index in [1.54, 1.807) is 6.07 Å². The molecule has 0 radical (unpaired) electrons. The maximum absolute atomic E-state index is 14.9. The lowest BCUT2D eigenvalue weighted by Crippen LogP contribution is -2.45. The Kier molecular flexibility index (Phi) is 6.37. The van der Waals surface area contributed by atoms with Crippen LogP contribution in [0.2, 0.25) is 0 Å². The summed E-state index contributed by atoms with van der Waals surface area (Å²) >= 11 is 0. The zero-order chi connectivity index (χ0) is 22.7. The number of benzene rings is 2. The van der Waals surface area contributed by atoms with Crippen molar-refractivity contribution in [1.29, 1.82) is 0 Å². The van der Waals surface area contributed by atoms with E-state index in [1.807, 2.05) is 37.3 Å². The van der Waals surface area contributed by atoms with Gasteiger partial charge in [-0.05, 0) is 56.2 Å². The van der Waals surface area contributed by atoms with Gasteiger partial charge in [0.15, 0.2) is 0 Å². The number of aliphatic hydroxyl groups is 1. The summed E-state index contributed by atoms with van der Waals surface area (Å²) in [7, 11) is 0. The third kappa shape index (κ3) is 4.72. The molecule has 0 aromatic heterocycles. The number of carbonyl (C=O) groups excluding carboxylic acids is 1. The molecule has 2 aliphatic rings. The van der Waals surface area contributed by atoms with Gasteiger partial charge >= 0.3 is 0 Å². The molecule has 1 aliphatic carbocycles. The van der Waals surface area contributed by atoms with Crippen molar-refractivity contribution in [3.8, 4) is 0 Å². The number of nitrogens with one attached hydrogen (secondary N) is 1. The van der Waals surface area contributed by atoms with Crippen LogP contribution in [0.1, 0.15) is 54.1 Å². The van der Waals surface area contributed by atoms with E-state index < -0.39 is 17.3 Å². The summed E-state index contributed by atoms with van der Waals surface area (Å²) in [6.45, 7) is 2.85. The fraction of sp³-hybridized carbons (Fsp3) is 0.400. The first kappa shape index (κ1) is 22.1. The van der Waals surface area contributed by atoms with Gasteiger partial charge in [0.05, 0.1) is 23.8 Å². The highest BCUT2D eigenvalue weighted by atomic mass is 19.1. The number of rotatable bonds is 5. The molecule has 4 rings (SSSR count). The second kappa shape index (κ2) is 9.20. The van der Waals surface area contributed by atoms with Crippen molar-refractivity contribution in [3.63, 3.8) is 0 Å². The topological polar surface area (TPSA) is 100 Å². The number of carbonyl (C=O) groups is 1. The van der Waals surface area contributed by atoms with Crippen molar-refractivity contribution in [2.75, 3.05) is 6.54 Å². The Morgan fingerprint density at radius 3 is 2.59 bits per heavy atom. The Bertz CT molecular complexity index is 1050. The van der Waals surface area contributed by atoms with Gasteiger partial charge in [-0.15, -0.1) is 0 Å². The van der Waals surface area contributed by atoms with Crippen LogP contribution in [-0.2, 0) is 6.54 Å². The molecule has 0 bridgehead atoms. The monoisotopic (exact) mass is 436 g/mol. The van der Waals surface area contributed by atoms with Gasteiger partial charge in [-0.3, -0.25) is 14.8 Å². The number of halogens is 1. The van der Waals surface area contributed by atoms with Gasteiger partial charge in [0.2, 0.25) is 0 Å². The van der Waals surface area contributed by atoms with Crippen molar-refractivity contribution in [1.82, 2.24) is 5.32 Å². The van der Waals surface area contributed by atoms with E-state index in [0.717, 1.165) is 31.2 Å². The molecule has 1 heterocycles. The first-order valence-corrected chi connectivity index (χ1v) is 11.1. The van der Waals surface area contributed by atoms with Crippen LogP contribution in [0.3, 0.4) is 0 Å². The quantitative estimate of drug-likeness (QED) is 0.671. The van der Waals surface area contributed by atoms with Crippen LogP contribution in [0.5, 0.6) is 0 Å². The molecule has 1 unspecified atom stereocenters. The summed E-state index contributed by atoms with van der Waals surface area (Å²) in [5, 5.41) is 12.6. The second-order valence-electron chi connectivity index (χ2n) is 8.89. The van der Waals surface area contributed by atoms with Crippen LogP contribution in [0.4, 0.5) is 4.39 Å². The first-order valence-electron chi connectivity index (χ1n) is 11.1. The molecule has 168 valence electrons. The van der Waals surface area contributed by atoms with Crippen LogP contribution < -0.4 is 11.1 Å². The van der Waals surface area contributed by atoms with Gasteiger partial charge in [-0.1, -0.05) is 36.4 Å². The molecule has 6 nitrogen and oxygen atoms in total. The molecule has 32 heavy (non-hydrogen) atoms. The van der Waals surface area contributed by atoms with E-state index >= 15 is 0 Å². The number of hydrogen-bond acceptors (Lipinski definition) is 5. The molecule has 2 aromatic carbocycles. The summed E-state index contributed by atoms with van der Waals surface area (Å²) in [6.07, 6.45) is 3.01. The maximum Gasteiger partial charge on any atom is 0.254 e. The molecular formula is C25H29FN4O2. The fourth-order valence-corrected chi connectivity index (χ4v) is 4.52. The highest BCUT2D eigenvalue weighted by Gasteiger charge is 2.39. The third-order valence-electron chi connectivity index (χ3n) is 6.54. The number of amidine groups is 1. The third-order valence-corrected chi connectivity index (χ3v) is 6.54. The van der Waals surface area contributed by atoms with Crippen molar-refractivity contribution >= 4 is 17.5 Å². The van der Waals surface area contributed by atoms with Crippen molar-refractivity contribution in [2.45, 2.75) is 50.8 Å². The van der Waals surface area contributed by atoms with E-state index in [2.05, 4.69) is 10.3 Å². The fourth-order valence-electron chi connectivity index (χ4n) is 4.52. The van der Waals surface area contributed by atoms with Crippen LogP contribution in [0.25, 0.3) is 0 Å². The summed E-state index contributed by atoms with van der Waals surface area (Å²) < 4.78 is 14.9. The number of nitrogens with two attached hydrogens (primary N) is 1. The molecule has 1 aliphatic heterocycles. The van der Waals surface area contributed by atoms with Crippen molar-refractivity contribution in [2.24, 2.45) is 21.6 Å². The summed E-state index contributed by atoms with van der Waals surface area (Å²) in [5.41, 5.74) is 7.55. The Balaban J connectivity index is 1.52. The second-order valence-corrected chi connectivity index (χ2v) is 8.89. The predicted molar refractivity (Wildman–Crippen MR) is 123 cm³/mol. The lowest BCUT2D eigenvalue weighted by atomic mass is 9.74. The van der Waals surface area contributed by atoms with E-state index in [1.165, 1.54) is 12.1 Å². The van der Waals surface area contributed by atoms with E-state index in [9.17, 15) is 14.3 Å². The minimum atomic E-state index is -0.628. The van der Waals surface area contributed by atoms with E-state index in [4.69, 9.17) is 10.7 Å². The summed E-state index contributed by atoms with van der Waals surface area (Å²) in [6, 6.07) is 13.9. The molecule has 1 fully saturated rings. The van der Waals surface area contributed by atoms with Gasteiger partial charge in [0, 0.05) is 12.1 Å². The van der Waals surface area contributed by atoms with Crippen LogP contribution in [0, 0.1) is 11.7 Å². The normalized spacial score (nSPS) is 25.6. The van der Waals surface area contributed by atoms with Crippen LogP contribution in [0.15, 0.2) is 58.5 Å². The van der Waals surface area contributed by atoms with Crippen molar-refractivity contribution < 1.29 is 14.3 Å². The molecule has 0 spiro atoms. The van der Waals surface area contributed by atoms with Crippen LogP contribution >= 0.6 is 0 Å². The van der Waals surface area contributed by atoms with Gasteiger partial charge in [-0.2, -0.15) is 0 Å². The Hall–Kier alpha value is -3.06. The molecular weight excluding hydrogens is 407 g/mol. The molecule has 7 heteroatoms. The van der Waals surface area contributed by atoms with Gasteiger partial charge < -0.3 is 16.2 Å². The van der Waals surface area contributed by atoms with Gasteiger partial charge in [0.25, 0.3) is 5.91 Å². The lowest BCUT2D eigenvalue weighted by Gasteiger charge is -2.39. The number of nitrogens with zero attached hydrogens (tertiary/aromatic N) is 2. The number of amides is 1. The molecule has 1 amide bonds. The molecule has 1 atom stereocenters. The summed E-state index contributed by atoms with van der Waals surface area (Å²) in [5.74, 6) is -0.544. The van der Waals surface area contributed by atoms with Gasteiger partial charge in [0.1, 0.15) is 17.4 Å². The largest absolute Gasteiger partial charge is 0.393 e. The smallest absolute Gasteiger partial charge is 0.254 e. The Morgan fingerprint density at radius 1 is 1.19 bits per heavy atom. The van der Waals surface area contributed by atoms with Crippen molar-refractivity contribution in [3.05, 3.63) is 71.0 Å². The minimum absolute atomic E-state index is 0.0272. The van der Waals surface area contributed by atoms with Crippen LogP contribution in [-0.4, -0.2) is 40.7 Å². The Morgan fingerprint density at radius 2 is 1.91 bits per heavy atom. The number of hydrogen-bond donors (Lipinski definition) is 3. The predicted octanol–water partition coefficient (Wildman–Crippen LogP) is 3.23. The Labute approximate surface area is 187 Å². The molecule has 2 aromatic rings. The SMILES string of the molecule is CC1([C@H]2CC[C@H](O)CC2)CN=C(N)C(c2ccc(C(=O)NCc3ccccc3)c(F)c2)=N1. The highest BCUT2D eigenvalue weighted by molar-refractivity contribution is 6.47.